The Hall–Kier alpha value is -4.08. The second kappa shape index (κ2) is 15.0. The minimum absolute atomic E-state index is 0.134. The molecule has 2 aromatic carbocycles. The van der Waals surface area contributed by atoms with E-state index in [-0.39, 0.29) is 12.8 Å². The predicted octanol–water partition coefficient (Wildman–Crippen LogP) is 3.95. The van der Waals surface area contributed by atoms with Crippen molar-refractivity contribution in [2.75, 3.05) is 38.1 Å². The number of carbonyl (C=O) groups excluding carboxylic acids is 4. The quantitative estimate of drug-likeness (QED) is 0.295. The molecule has 36 heavy (non-hydrogen) atoms. The molecule has 10 nitrogen and oxygen atoms in total. The molecule has 0 saturated heterocycles. The molecule has 0 aromatic heterocycles. The largest absolute Gasteiger partial charge is 0.497 e. The number of unbranched alkanes of at least 4 members (excludes halogenated alkanes) is 2. The van der Waals surface area contributed by atoms with Gasteiger partial charge in [-0.15, -0.1) is 0 Å². The normalized spacial score (nSPS) is 10.2. The highest BCUT2D eigenvalue weighted by molar-refractivity contribution is 5.96. The van der Waals surface area contributed by atoms with Crippen LogP contribution in [0.5, 0.6) is 11.5 Å². The topological polar surface area (TPSA) is 129 Å². The highest BCUT2D eigenvalue weighted by Gasteiger charge is 2.14. The summed E-state index contributed by atoms with van der Waals surface area (Å²) < 4.78 is 20.4. The van der Waals surface area contributed by atoms with Crippen LogP contribution >= 0.6 is 0 Å². The van der Waals surface area contributed by atoms with Crippen LogP contribution in [-0.4, -0.2) is 51.2 Å². The van der Waals surface area contributed by atoms with E-state index >= 15 is 0 Å². The second-order valence-electron chi connectivity index (χ2n) is 7.74. The van der Waals surface area contributed by atoms with Crippen molar-refractivity contribution in [1.29, 1.82) is 0 Å². The second-order valence-corrected chi connectivity index (χ2v) is 7.74. The molecular weight excluding hydrogens is 468 g/mol. The van der Waals surface area contributed by atoms with Gasteiger partial charge in [0.15, 0.2) is 6.61 Å². The summed E-state index contributed by atoms with van der Waals surface area (Å²) in [5.41, 5.74) is 1.23. The summed E-state index contributed by atoms with van der Waals surface area (Å²) in [5, 5.41) is 5.23. The first-order valence-electron chi connectivity index (χ1n) is 11.6. The maximum Gasteiger partial charge on any atom is 0.338 e. The first kappa shape index (κ1) is 28.2. The third-order valence-electron chi connectivity index (χ3n) is 4.99. The average molecular weight is 501 g/mol. The van der Waals surface area contributed by atoms with Crippen molar-refractivity contribution >= 4 is 35.1 Å². The summed E-state index contributed by atoms with van der Waals surface area (Å²) in [4.78, 5) is 48.2. The van der Waals surface area contributed by atoms with Gasteiger partial charge in [0.25, 0.3) is 5.91 Å². The van der Waals surface area contributed by atoms with Crippen molar-refractivity contribution in [3.05, 3.63) is 48.0 Å². The zero-order valence-corrected chi connectivity index (χ0v) is 20.8. The number of nitrogens with one attached hydrogen (secondary N) is 2. The van der Waals surface area contributed by atoms with Crippen molar-refractivity contribution in [3.63, 3.8) is 0 Å². The number of rotatable bonds is 14. The molecule has 0 atom stereocenters. The Morgan fingerprint density at radius 1 is 0.806 bits per heavy atom. The van der Waals surface area contributed by atoms with Crippen LogP contribution in [0.3, 0.4) is 0 Å². The Morgan fingerprint density at radius 2 is 1.56 bits per heavy atom. The Bertz CT molecular complexity index is 1040. The van der Waals surface area contributed by atoms with E-state index in [1.165, 1.54) is 14.2 Å². The summed E-state index contributed by atoms with van der Waals surface area (Å²) in [6.45, 7) is 1.92. The standard InChI is InChI=1S/C26H32N2O8/c1-4-5-6-15-35-26(32)18-7-9-19(10-8-18)27-23(29)13-14-25(31)36-17-24(30)28-21-16-20(33-2)11-12-22(21)34-3/h7-12,16H,4-6,13-15,17H2,1-3H3,(H,27,29)(H,28,30). The van der Waals surface area contributed by atoms with Gasteiger partial charge in [-0.1, -0.05) is 19.8 Å². The molecule has 2 rings (SSSR count). The zero-order chi connectivity index (χ0) is 26.3. The first-order chi connectivity index (χ1) is 17.4. The molecule has 2 aromatic rings. The average Bonchev–Trinajstić information content (AvgIpc) is 2.89. The van der Waals surface area contributed by atoms with Crippen molar-refractivity contribution in [2.45, 2.75) is 39.0 Å². The number of anilines is 2. The summed E-state index contributed by atoms with van der Waals surface area (Å²) >= 11 is 0. The lowest BCUT2D eigenvalue weighted by atomic mass is 10.2. The van der Waals surface area contributed by atoms with Crippen molar-refractivity contribution < 1.29 is 38.1 Å². The molecule has 0 radical (unpaired) electrons. The van der Waals surface area contributed by atoms with E-state index in [0.29, 0.717) is 35.0 Å². The van der Waals surface area contributed by atoms with Crippen molar-refractivity contribution in [2.24, 2.45) is 0 Å². The van der Waals surface area contributed by atoms with Gasteiger partial charge in [0.2, 0.25) is 5.91 Å². The van der Waals surface area contributed by atoms with Crippen LogP contribution in [0.1, 0.15) is 49.4 Å². The van der Waals surface area contributed by atoms with Crippen LogP contribution < -0.4 is 20.1 Å². The van der Waals surface area contributed by atoms with Gasteiger partial charge < -0.3 is 29.6 Å². The maximum absolute atomic E-state index is 12.1. The van der Waals surface area contributed by atoms with Gasteiger partial charge in [-0.25, -0.2) is 4.79 Å². The van der Waals surface area contributed by atoms with Crippen LogP contribution in [0, 0.1) is 0 Å². The number of hydrogen-bond donors (Lipinski definition) is 2. The molecule has 0 aliphatic rings. The lowest BCUT2D eigenvalue weighted by Gasteiger charge is -2.12. The van der Waals surface area contributed by atoms with Gasteiger partial charge in [0, 0.05) is 18.2 Å². The fraction of sp³-hybridized carbons (Fsp3) is 0.385. The Kier molecular flexibility index (Phi) is 11.8. The molecular formula is C26H32N2O8. The van der Waals surface area contributed by atoms with Gasteiger partial charge in [-0.2, -0.15) is 0 Å². The molecule has 0 bridgehead atoms. The Balaban J connectivity index is 1.71. The molecule has 0 aliphatic heterocycles. The number of amides is 2. The van der Waals surface area contributed by atoms with Gasteiger partial charge in [-0.3, -0.25) is 14.4 Å². The number of esters is 2. The fourth-order valence-electron chi connectivity index (χ4n) is 3.05. The summed E-state index contributed by atoms with van der Waals surface area (Å²) in [7, 11) is 2.95. The number of benzene rings is 2. The van der Waals surface area contributed by atoms with E-state index in [2.05, 4.69) is 17.6 Å². The molecule has 2 N–H and O–H groups in total. The van der Waals surface area contributed by atoms with Crippen LogP contribution in [0.2, 0.25) is 0 Å². The van der Waals surface area contributed by atoms with E-state index in [1.54, 1.807) is 42.5 Å². The number of hydrogen-bond acceptors (Lipinski definition) is 8. The van der Waals surface area contributed by atoms with Crippen LogP contribution in [0.25, 0.3) is 0 Å². The number of methoxy groups -OCH3 is 2. The van der Waals surface area contributed by atoms with Gasteiger partial charge in [0.1, 0.15) is 11.5 Å². The van der Waals surface area contributed by atoms with Gasteiger partial charge in [-0.05, 0) is 42.8 Å². The van der Waals surface area contributed by atoms with E-state index in [9.17, 15) is 19.2 Å². The molecule has 0 spiro atoms. The highest BCUT2D eigenvalue weighted by Crippen LogP contribution is 2.28. The van der Waals surface area contributed by atoms with E-state index in [4.69, 9.17) is 18.9 Å². The zero-order valence-electron chi connectivity index (χ0n) is 20.8. The number of ether oxygens (including phenoxy) is 4. The SMILES string of the molecule is CCCCCOC(=O)c1ccc(NC(=O)CCC(=O)OCC(=O)Nc2cc(OC)ccc2OC)cc1. The maximum atomic E-state index is 12.1. The lowest BCUT2D eigenvalue weighted by Crippen LogP contribution is -2.22. The molecule has 0 saturated carbocycles. The third-order valence-corrected chi connectivity index (χ3v) is 4.99. The van der Waals surface area contributed by atoms with Crippen LogP contribution in [-0.2, 0) is 23.9 Å². The van der Waals surface area contributed by atoms with Crippen molar-refractivity contribution in [3.8, 4) is 11.5 Å². The molecule has 2 amide bonds. The predicted molar refractivity (Wildman–Crippen MR) is 133 cm³/mol. The van der Waals surface area contributed by atoms with Gasteiger partial charge >= 0.3 is 11.9 Å². The van der Waals surface area contributed by atoms with Crippen molar-refractivity contribution in [1.82, 2.24) is 0 Å². The van der Waals surface area contributed by atoms with E-state index in [1.807, 2.05) is 0 Å². The smallest absolute Gasteiger partial charge is 0.338 e. The molecule has 0 aliphatic carbocycles. The first-order valence-corrected chi connectivity index (χ1v) is 11.6. The van der Waals surface area contributed by atoms with E-state index in [0.717, 1.165) is 19.3 Å². The van der Waals surface area contributed by atoms with E-state index < -0.39 is 30.4 Å². The molecule has 0 unspecified atom stereocenters. The Labute approximate surface area is 210 Å². The fourth-order valence-corrected chi connectivity index (χ4v) is 3.05. The minimum atomic E-state index is -0.695. The third kappa shape index (κ3) is 9.65. The van der Waals surface area contributed by atoms with Gasteiger partial charge in [0.05, 0.1) is 38.5 Å². The molecule has 0 heterocycles. The monoisotopic (exact) mass is 500 g/mol. The molecule has 0 fully saturated rings. The highest BCUT2D eigenvalue weighted by atomic mass is 16.5. The van der Waals surface area contributed by atoms with Crippen LogP contribution in [0.4, 0.5) is 11.4 Å². The molecule has 194 valence electrons. The molecule has 10 heteroatoms. The van der Waals surface area contributed by atoms with Crippen LogP contribution in [0.15, 0.2) is 42.5 Å². The number of carbonyl (C=O) groups is 4. The summed E-state index contributed by atoms with van der Waals surface area (Å²) in [6, 6.07) is 11.2. The minimum Gasteiger partial charge on any atom is -0.497 e. The lowest BCUT2D eigenvalue weighted by molar-refractivity contribution is -0.147. The Morgan fingerprint density at radius 3 is 2.22 bits per heavy atom. The summed E-state index contributed by atoms with van der Waals surface area (Å²) in [5.74, 6) is -1.15. The summed E-state index contributed by atoms with van der Waals surface area (Å²) in [6.07, 6.45) is 2.52.